The van der Waals surface area contributed by atoms with Crippen LogP contribution < -0.4 is 19.8 Å². The van der Waals surface area contributed by atoms with Crippen LogP contribution in [0.25, 0.3) is 5.57 Å². The van der Waals surface area contributed by atoms with Gasteiger partial charge in [0.15, 0.2) is 4.80 Å². The molecule has 0 saturated heterocycles. The molecule has 9 heteroatoms. The Bertz CT molecular complexity index is 1720. The molecule has 0 radical (unpaired) electrons. The van der Waals surface area contributed by atoms with Gasteiger partial charge in [0.1, 0.15) is 4.53 Å². The molecule has 1 aromatic heterocycles. The van der Waals surface area contributed by atoms with Gasteiger partial charge in [0.05, 0.1) is 35.2 Å². The Labute approximate surface area is 245 Å². The number of anilines is 1. The van der Waals surface area contributed by atoms with Gasteiger partial charge in [0.25, 0.3) is 11.5 Å². The smallest absolute Gasteiger partial charge is 0.338 e. The zero-order valence-corrected chi connectivity index (χ0v) is 25.7. The summed E-state index contributed by atoms with van der Waals surface area (Å²) in [6, 6.07) is 13.0. The minimum absolute atomic E-state index is 0.211. The Hall–Kier alpha value is -3.30. The fourth-order valence-electron chi connectivity index (χ4n) is 5.39. The Morgan fingerprint density at radius 3 is 2.45 bits per heavy atom. The molecule has 3 heterocycles. The minimum Gasteiger partial charge on any atom is -0.463 e. The van der Waals surface area contributed by atoms with Crippen LogP contribution in [-0.4, -0.2) is 29.6 Å². The SMILES string of the molecule is CCCC1=C(C(=O)OCC)[C@H](c2ccc(C(C)C)cc2)n2c(s/c(=C3/C(=O)N(CC)c4ccc(Br)cc43)c2=O)=N1. The van der Waals surface area contributed by atoms with E-state index in [-0.39, 0.29) is 18.1 Å². The van der Waals surface area contributed by atoms with Crippen molar-refractivity contribution in [3.8, 4) is 0 Å². The Balaban J connectivity index is 1.84. The number of carbonyl (C=O) groups is 2. The van der Waals surface area contributed by atoms with Crippen molar-refractivity contribution >= 4 is 50.4 Å². The number of likely N-dealkylation sites (N-methyl/N-ethyl adjacent to an activating group) is 1. The van der Waals surface area contributed by atoms with E-state index in [0.29, 0.717) is 50.6 Å². The molecule has 0 aliphatic carbocycles. The number of halogens is 1. The summed E-state index contributed by atoms with van der Waals surface area (Å²) in [4.78, 5) is 48.4. The highest BCUT2D eigenvalue weighted by atomic mass is 79.9. The van der Waals surface area contributed by atoms with Gasteiger partial charge in [-0.05, 0) is 55.5 Å². The van der Waals surface area contributed by atoms with E-state index < -0.39 is 12.0 Å². The predicted molar refractivity (Wildman–Crippen MR) is 161 cm³/mol. The molecule has 5 rings (SSSR count). The fourth-order valence-corrected chi connectivity index (χ4v) is 6.86. The van der Waals surface area contributed by atoms with Gasteiger partial charge < -0.3 is 9.64 Å². The molecule has 2 aliphatic rings. The summed E-state index contributed by atoms with van der Waals surface area (Å²) in [5.74, 6) is -0.353. The second-order valence-corrected chi connectivity index (χ2v) is 12.0. The number of thiazole rings is 1. The average molecular weight is 623 g/mol. The number of aromatic nitrogens is 1. The van der Waals surface area contributed by atoms with Crippen LogP contribution in [0.1, 0.15) is 76.1 Å². The van der Waals surface area contributed by atoms with Crippen molar-refractivity contribution in [3.05, 3.63) is 94.6 Å². The predicted octanol–water partition coefficient (Wildman–Crippen LogP) is 5.20. The molecule has 0 bridgehead atoms. The number of fused-ring (bicyclic) bond motifs is 2. The highest BCUT2D eigenvalue weighted by molar-refractivity contribution is 9.10. The maximum Gasteiger partial charge on any atom is 0.338 e. The Morgan fingerprint density at radius 1 is 1.10 bits per heavy atom. The summed E-state index contributed by atoms with van der Waals surface area (Å²) in [5.41, 5.74) is 4.46. The van der Waals surface area contributed by atoms with E-state index in [0.717, 1.165) is 27.7 Å². The van der Waals surface area contributed by atoms with Gasteiger partial charge in [-0.1, -0.05) is 78.7 Å². The Kier molecular flexibility index (Phi) is 7.97. The number of benzene rings is 2. The number of amides is 1. The lowest BCUT2D eigenvalue weighted by Crippen LogP contribution is -2.41. The van der Waals surface area contributed by atoms with Crippen molar-refractivity contribution in [1.82, 2.24) is 4.57 Å². The van der Waals surface area contributed by atoms with Crippen LogP contribution in [0.5, 0.6) is 0 Å². The first-order chi connectivity index (χ1) is 19.2. The second kappa shape index (κ2) is 11.3. The number of esters is 1. The monoisotopic (exact) mass is 621 g/mol. The Morgan fingerprint density at radius 2 is 1.82 bits per heavy atom. The molecule has 0 spiro atoms. The third-order valence-corrected chi connectivity index (χ3v) is 8.85. The number of hydrogen-bond donors (Lipinski definition) is 0. The largest absolute Gasteiger partial charge is 0.463 e. The van der Waals surface area contributed by atoms with Crippen molar-refractivity contribution in [2.75, 3.05) is 18.1 Å². The zero-order valence-electron chi connectivity index (χ0n) is 23.3. The van der Waals surface area contributed by atoms with Crippen LogP contribution in [0.2, 0.25) is 0 Å². The first-order valence-electron chi connectivity index (χ1n) is 13.7. The van der Waals surface area contributed by atoms with Crippen LogP contribution in [0, 0.1) is 0 Å². The molecule has 1 atom stereocenters. The van der Waals surface area contributed by atoms with Crippen molar-refractivity contribution in [2.24, 2.45) is 4.99 Å². The molecular weight excluding hydrogens is 590 g/mol. The lowest BCUT2D eigenvalue weighted by atomic mass is 9.92. The van der Waals surface area contributed by atoms with Crippen molar-refractivity contribution in [1.29, 1.82) is 0 Å². The number of rotatable bonds is 7. The first kappa shape index (κ1) is 28.2. The van der Waals surface area contributed by atoms with E-state index in [1.54, 1.807) is 16.4 Å². The summed E-state index contributed by atoms with van der Waals surface area (Å²) in [6.45, 7) is 10.6. The molecule has 0 saturated carbocycles. The van der Waals surface area contributed by atoms with E-state index in [2.05, 4.69) is 29.8 Å². The molecule has 0 unspecified atom stereocenters. The normalized spacial score (nSPS) is 17.7. The topological polar surface area (TPSA) is 81.0 Å². The van der Waals surface area contributed by atoms with Gasteiger partial charge >= 0.3 is 5.97 Å². The molecule has 1 amide bonds. The fraction of sp³-hybridized carbons (Fsp3) is 0.355. The van der Waals surface area contributed by atoms with E-state index in [9.17, 15) is 14.4 Å². The van der Waals surface area contributed by atoms with Gasteiger partial charge in [0.2, 0.25) is 0 Å². The van der Waals surface area contributed by atoms with E-state index in [4.69, 9.17) is 9.73 Å². The molecule has 2 aromatic carbocycles. The van der Waals surface area contributed by atoms with Crippen molar-refractivity contribution in [3.63, 3.8) is 0 Å². The van der Waals surface area contributed by atoms with Gasteiger partial charge in [-0.15, -0.1) is 0 Å². The summed E-state index contributed by atoms with van der Waals surface area (Å²) in [6.07, 6.45) is 1.33. The lowest BCUT2D eigenvalue weighted by Gasteiger charge is -2.26. The van der Waals surface area contributed by atoms with Gasteiger partial charge in [-0.3, -0.25) is 14.2 Å². The van der Waals surface area contributed by atoms with Gasteiger partial charge in [0, 0.05) is 16.6 Å². The molecule has 208 valence electrons. The van der Waals surface area contributed by atoms with Crippen LogP contribution >= 0.6 is 27.3 Å². The number of allylic oxidation sites excluding steroid dienone is 1. The van der Waals surface area contributed by atoms with E-state index in [1.807, 2.05) is 56.3 Å². The lowest BCUT2D eigenvalue weighted by molar-refractivity contribution is -0.139. The molecule has 40 heavy (non-hydrogen) atoms. The average Bonchev–Trinajstić information content (AvgIpc) is 3.39. The molecule has 0 fully saturated rings. The number of hydrogen-bond acceptors (Lipinski definition) is 6. The first-order valence-corrected chi connectivity index (χ1v) is 15.3. The number of ether oxygens (including phenoxy) is 1. The highest BCUT2D eigenvalue weighted by Crippen LogP contribution is 2.37. The molecule has 7 nitrogen and oxygen atoms in total. The minimum atomic E-state index is -0.715. The van der Waals surface area contributed by atoms with Crippen LogP contribution in [0.3, 0.4) is 0 Å². The standard InChI is InChI=1S/C31H32BrN3O4S/c1-6-9-22-25(30(38)39-8-3)26(19-12-10-18(11-13-19)17(4)5)35-29(37)27(40-31(35)33-22)24-21-16-20(32)14-15-23(21)34(7-2)28(24)36/h10-17,26H,6-9H2,1-5H3/b27-24+/t26-/m0/s1. The molecule has 0 N–H and O–H groups in total. The van der Waals surface area contributed by atoms with E-state index >= 15 is 0 Å². The summed E-state index contributed by atoms with van der Waals surface area (Å²) < 4.78 is 8.21. The van der Waals surface area contributed by atoms with Gasteiger partial charge in [-0.2, -0.15) is 0 Å². The number of nitrogens with zero attached hydrogens (tertiary/aromatic N) is 3. The summed E-state index contributed by atoms with van der Waals surface area (Å²) in [5, 5.41) is 0. The summed E-state index contributed by atoms with van der Waals surface area (Å²) in [7, 11) is 0. The molecule has 2 aliphatic heterocycles. The number of carbonyl (C=O) groups excluding carboxylic acids is 2. The summed E-state index contributed by atoms with van der Waals surface area (Å²) >= 11 is 4.73. The maximum atomic E-state index is 14.3. The third-order valence-electron chi connectivity index (χ3n) is 7.31. The van der Waals surface area contributed by atoms with Crippen LogP contribution in [0.15, 0.2) is 68.0 Å². The quantitative estimate of drug-likeness (QED) is 0.340. The highest BCUT2D eigenvalue weighted by Gasteiger charge is 2.37. The zero-order chi connectivity index (χ0) is 28.7. The second-order valence-electron chi connectivity index (χ2n) is 10.1. The van der Waals surface area contributed by atoms with Crippen molar-refractivity contribution < 1.29 is 14.3 Å². The van der Waals surface area contributed by atoms with E-state index in [1.165, 1.54) is 11.3 Å². The van der Waals surface area contributed by atoms with Crippen LogP contribution in [-0.2, 0) is 14.3 Å². The van der Waals surface area contributed by atoms with Crippen molar-refractivity contribution in [2.45, 2.75) is 59.4 Å². The third kappa shape index (κ3) is 4.69. The molecular formula is C31H32BrN3O4S. The maximum absolute atomic E-state index is 14.3. The van der Waals surface area contributed by atoms with Gasteiger partial charge in [-0.25, -0.2) is 9.79 Å². The van der Waals surface area contributed by atoms with Crippen LogP contribution in [0.4, 0.5) is 5.69 Å². The molecule has 3 aromatic rings.